The van der Waals surface area contributed by atoms with Crippen molar-refractivity contribution < 1.29 is 0 Å². The van der Waals surface area contributed by atoms with Crippen molar-refractivity contribution in [2.75, 3.05) is 6.26 Å². The molecule has 0 bridgehead atoms. The summed E-state index contributed by atoms with van der Waals surface area (Å²) in [5, 5.41) is 0.722. The highest BCUT2D eigenvalue weighted by Crippen LogP contribution is 2.11. The first kappa shape index (κ1) is 23.0. The fourth-order valence-corrected chi connectivity index (χ4v) is 3.50. The average Bonchev–Trinajstić information content (AvgIpc) is 2.64. The molecule has 1 heterocycles. The normalized spacial score (nSPS) is 11.5. The van der Waals surface area contributed by atoms with Crippen molar-refractivity contribution in [3.05, 3.63) is 34.3 Å². The van der Waals surface area contributed by atoms with Crippen molar-refractivity contribution in [2.24, 2.45) is 0 Å². The summed E-state index contributed by atoms with van der Waals surface area (Å²) in [5.41, 5.74) is 0.892. The zero-order valence-electron chi connectivity index (χ0n) is 16.9. The van der Waals surface area contributed by atoms with E-state index in [1.807, 2.05) is 6.26 Å². The monoisotopic (exact) mass is 378 g/mol. The van der Waals surface area contributed by atoms with E-state index in [4.69, 9.17) is 0 Å². The van der Waals surface area contributed by atoms with Gasteiger partial charge < -0.3 is 4.98 Å². The number of unbranched alkanes of at least 4 members (excludes halogenated alkanes) is 11. The molecule has 0 saturated heterocycles. The summed E-state index contributed by atoms with van der Waals surface area (Å²) in [4.78, 5) is 18.7. The van der Waals surface area contributed by atoms with Gasteiger partial charge in [-0.2, -0.15) is 0 Å². The first-order valence-corrected chi connectivity index (χ1v) is 11.8. The summed E-state index contributed by atoms with van der Waals surface area (Å²) < 4.78 is 0. The van der Waals surface area contributed by atoms with Crippen LogP contribution in [0.1, 0.15) is 96.1 Å². The quantitative estimate of drug-likeness (QED) is 0.151. The van der Waals surface area contributed by atoms with Gasteiger partial charge in [0.05, 0.1) is 0 Å². The van der Waals surface area contributed by atoms with Crippen LogP contribution in [0.2, 0.25) is 0 Å². The molecule has 0 aromatic carbocycles. The summed E-state index contributed by atoms with van der Waals surface area (Å²) in [6.07, 6.45) is 24.6. The molecule has 0 atom stereocenters. The van der Waals surface area contributed by atoms with Crippen LogP contribution >= 0.6 is 11.8 Å². The van der Waals surface area contributed by atoms with Crippen molar-refractivity contribution in [1.29, 1.82) is 0 Å². The highest BCUT2D eigenvalue weighted by atomic mass is 32.2. The predicted octanol–water partition coefficient (Wildman–Crippen LogP) is 6.68. The van der Waals surface area contributed by atoms with Gasteiger partial charge in [-0.1, -0.05) is 82.2 Å². The van der Waals surface area contributed by atoms with E-state index in [1.165, 1.54) is 88.8 Å². The van der Waals surface area contributed by atoms with Gasteiger partial charge in [0.1, 0.15) is 0 Å². The summed E-state index contributed by atoms with van der Waals surface area (Å²) in [6, 6.07) is 1.63. The number of H-pyrrole nitrogens is 1. The van der Waals surface area contributed by atoms with Crippen molar-refractivity contribution >= 4 is 11.8 Å². The predicted molar refractivity (Wildman–Crippen MR) is 115 cm³/mol. The molecule has 1 N–H and O–H groups in total. The Morgan fingerprint density at radius 3 is 2.12 bits per heavy atom. The Hall–Kier alpha value is -1.03. The van der Waals surface area contributed by atoms with Crippen LogP contribution in [0.3, 0.4) is 0 Å². The lowest BCUT2D eigenvalue weighted by Crippen LogP contribution is -2.09. The number of thioether (sulfide) groups is 1. The van der Waals surface area contributed by atoms with Gasteiger partial charge in [0.2, 0.25) is 0 Å². The first-order chi connectivity index (χ1) is 12.8. The van der Waals surface area contributed by atoms with Crippen molar-refractivity contribution in [1.82, 2.24) is 9.97 Å². The number of nitrogens with one attached hydrogen (secondary N) is 1. The standard InChI is InChI=1S/C22H38N2OS/c1-3-4-5-6-7-8-9-10-11-12-13-14-15-16-17-18-20-19-21(25)24-22(23-20)26-2/h10-11,19H,3-9,12-18H2,1-2H3,(H,23,24,25). The second kappa shape index (κ2) is 16.2. The molecule has 0 aliphatic carbocycles. The lowest BCUT2D eigenvalue weighted by molar-refractivity contribution is 0.607. The number of aryl methyl sites for hydroxylation is 1. The van der Waals surface area contributed by atoms with Gasteiger partial charge in [-0.05, 0) is 44.8 Å². The maximum atomic E-state index is 11.5. The van der Waals surface area contributed by atoms with E-state index in [1.54, 1.807) is 6.07 Å². The first-order valence-electron chi connectivity index (χ1n) is 10.6. The van der Waals surface area contributed by atoms with Gasteiger partial charge in [0, 0.05) is 11.8 Å². The molecule has 4 heteroatoms. The number of rotatable bonds is 16. The molecule has 3 nitrogen and oxygen atoms in total. The van der Waals surface area contributed by atoms with Crippen LogP contribution in [0.4, 0.5) is 0 Å². The Balaban J connectivity index is 1.92. The van der Waals surface area contributed by atoms with Crippen LogP contribution in [0.25, 0.3) is 0 Å². The summed E-state index contributed by atoms with van der Waals surface area (Å²) in [7, 11) is 0. The Morgan fingerprint density at radius 2 is 1.50 bits per heavy atom. The second-order valence-corrected chi connectivity index (χ2v) is 7.88. The maximum absolute atomic E-state index is 11.5. The fourth-order valence-electron chi connectivity index (χ4n) is 3.09. The Bertz CT molecular complexity index is 539. The van der Waals surface area contributed by atoms with Crippen molar-refractivity contribution in [2.45, 2.75) is 102 Å². The largest absolute Gasteiger partial charge is 0.301 e. The molecule has 0 aliphatic rings. The molecule has 1 aromatic heterocycles. The summed E-state index contributed by atoms with van der Waals surface area (Å²) >= 11 is 1.49. The maximum Gasteiger partial charge on any atom is 0.251 e. The molecule has 0 amide bonds. The van der Waals surface area contributed by atoms with Gasteiger partial charge in [-0.25, -0.2) is 4.98 Å². The van der Waals surface area contributed by atoms with E-state index in [9.17, 15) is 4.79 Å². The second-order valence-electron chi connectivity index (χ2n) is 7.08. The van der Waals surface area contributed by atoms with Crippen LogP contribution in [0, 0.1) is 0 Å². The van der Waals surface area contributed by atoms with Gasteiger partial charge in [0.25, 0.3) is 5.56 Å². The zero-order chi connectivity index (χ0) is 18.9. The number of nitrogens with zero attached hydrogens (tertiary/aromatic N) is 1. The molecular weight excluding hydrogens is 340 g/mol. The summed E-state index contributed by atoms with van der Waals surface area (Å²) in [5.74, 6) is 0. The number of aromatic amines is 1. The van der Waals surface area contributed by atoms with E-state index in [2.05, 4.69) is 29.0 Å². The molecular formula is C22H38N2OS. The molecule has 148 valence electrons. The van der Waals surface area contributed by atoms with E-state index >= 15 is 0 Å². The smallest absolute Gasteiger partial charge is 0.251 e. The van der Waals surface area contributed by atoms with Crippen LogP contribution < -0.4 is 5.56 Å². The highest BCUT2D eigenvalue weighted by molar-refractivity contribution is 7.98. The minimum Gasteiger partial charge on any atom is -0.301 e. The molecule has 1 aromatic rings. The van der Waals surface area contributed by atoms with Gasteiger partial charge in [-0.3, -0.25) is 4.79 Å². The third-order valence-electron chi connectivity index (χ3n) is 4.66. The molecule has 0 saturated carbocycles. The van der Waals surface area contributed by atoms with Crippen LogP contribution in [0.5, 0.6) is 0 Å². The van der Waals surface area contributed by atoms with Gasteiger partial charge >= 0.3 is 0 Å². The lowest BCUT2D eigenvalue weighted by Gasteiger charge is -2.03. The number of hydrogen-bond donors (Lipinski definition) is 1. The van der Waals surface area contributed by atoms with Crippen molar-refractivity contribution in [3.63, 3.8) is 0 Å². The fraction of sp³-hybridized carbons (Fsp3) is 0.727. The minimum atomic E-state index is -0.0351. The van der Waals surface area contributed by atoms with Gasteiger partial charge in [-0.15, -0.1) is 0 Å². The molecule has 1 rings (SSSR count). The number of hydrogen-bond acceptors (Lipinski definition) is 3. The highest BCUT2D eigenvalue weighted by Gasteiger charge is 2.00. The van der Waals surface area contributed by atoms with Crippen molar-refractivity contribution in [3.8, 4) is 0 Å². The Labute approximate surface area is 164 Å². The summed E-state index contributed by atoms with van der Waals surface area (Å²) in [6.45, 7) is 2.27. The van der Waals surface area contributed by atoms with Crippen LogP contribution in [-0.2, 0) is 6.42 Å². The number of allylic oxidation sites excluding steroid dienone is 2. The molecule has 0 fully saturated rings. The third kappa shape index (κ3) is 12.3. The lowest BCUT2D eigenvalue weighted by atomic mass is 10.1. The van der Waals surface area contributed by atoms with E-state index < -0.39 is 0 Å². The zero-order valence-corrected chi connectivity index (χ0v) is 17.7. The van der Waals surface area contributed by atoms with Crippen LogP contribution in [-0.4, -0.2) is 16.2 Å². The van der Waals surface area contributed by atoms with E-state index in [0.717, 1.165) is 23.7 Å². The Kier molecular flexibility index (Phi) is 14.3. The molecule has 0 spiro atoms. The topological polar surface area (TPSA) is 45.8 Å². The molecule has 0 radical (unpaired) electrons. The SMILES string of the molecule is CCCCCCCCC=CCCCCCCCc1cc(=O)[nH]c(SC)n1. The molecule has 26 heavy (non-hydrogen) atoms. The minimum absolute atomic E-state index is 0.0351. The molecule has 0 unspecified atom stereocenters. The van der Waals surface area contributed by atoms with E-state index in [-0.39, 0.29) is 5.56 Å². The Morgan fingerprint density at radius 1 is 0.923 bits per heavy atom. The third-order valence-corrected chi connectivity index (χ3v) is 5.24. The molecule has 0 aliphatic heterocycles. The average molecular weight is 379 g/mol. The van der Waals surface area contributed by atoms with E-state index in [0.29, 0.717) is 0 Å². The number of aromatic nitrogens is 2. The van der Waals surface area contributed by atoms with Crippen LogP contribution in [0.15, 0.2) is 28.2 Å². The van der Waals surface area contributed by atoms with Gasteiger partial charge in [0.15, 0.2) is 5.16 Å².